The normalized spacial score (nSPS) is 10.1. The number of hydrogen-bond donors (Lipinski definition) is 2. The minimum Gasteiger partial charge on any atom is -0.348 e. The zero-order chi connectivity index (χ0) is 13.6. The van der Waals surface area contributed by atoms with Gasteiger partial charge in [-0.25, -0.2) is 0 Å². The van der Waals surface area contributed by atoms with Crippen molar-refractivity contribution in [1.29, 1.82) is 0 Å². The average molecular weight is 256 g/mol. The van der Waals surface area contributed by atoms with Crippen LogP contribution in [0.1, 0.15) is 65.2 Å². The van der Waals surface area contributed by atoms with E-state index < -0.39 is 11.8 Å². The first-order valence-electron chi connectivity index (χ1n) is 7.28. The summed E-state index contributed by atoms with van der Waals surface area (Å²) in [7, 11) is 0. The number of carbonyl (C=O) groups is 2. The lowest BCUT2D eigenvalue weighted by Crippen LogP contribution is -2.40. The first-order valence-corrected chi connectivity index (χ1v) is 7.28. The molecule has 0 aromatic carbocycles. The van der Waals surface area contributed by atoms with Crippen LogP contribution < -0.4 is 10.6 Å². The van der Waals surface area contributed by atoms with Gasteiger partial charge in [0.1, 0.15) is 0 Å². The van der Waals surface area contributed by atoms with E-state index in [4.69, 9.17) is 0 Å². The van der Waals surface area contributed by atoms with Crippen molar-refractivity contribution < 1.29 is 9.59 Å². The number of hydrogen-bond acceptors (Lipinski definition) is 2. The van der Waals surface area contributed by atoms with Crippen molar-refractivity contribution in [3.63, 3.8) is 0 Å². The minimum absolute atomic E-state index is 0.490. The second-order valence-electron chi connectivity index (χ2n) is 4.59. The molecule has 0 aliphatic rings. The van der Waals surface area contributed by atoms with E-state index in [1.807, 2.05) is 0 Å². The summed E-state index contributed by atoms with van der Waals surface area (Å²) in [6.45, 7) is 5.11. The Morgan fingerprint density at radius 2 is 1.22 bits per heavy atom. The number of likely N-dealkylation sites (N-methyl/N-ethyl adjacent to an activating group) is 1. The molecule has 4 nitrogen and oxygen atoms in total. The fourth-order valence-corrected chi connectivity index (χ4v) is 1.78. The Balaban J connectivity index is 3.25. The first-order chi connectivity index (χ1) is 8.72. The summed E-state index contributed by atoms with van der Waals surface area (Å²) in [5, 5.41) is 5.10. The number of nitrogens with one attached hydrogen (secondary N) is 2. The van der Waals surface area contributed by atoms with Gasteiger partial charge < -0.3 is 10.6 Å². The quantitative estimate of drug-likeness (QED) is 0.466. The van der Waals surface area contributed by atoms with Gasteiger partial charge in [-0.2, -0.15) is 0 Å². The number of amides is 2. The van der Waals surface area contributed by atoms with Gasteiger partial charge in [-0.3, -0.25) is 9.59 Å². The molecule has 0 aliphatic heterocycles. The molecule has 0 atom stereocenters. The first kappa shape index (κ1) is 16.9. The number of unbranched alkanes of at least 4 members (excludes halogenated alkanes) is 7. The lowest BCUT2D eigenvalue weighted by molar-refractivity contribution is -0.139. The summed E-state index contributed by atoms with van der Waals surface area (Å²) >= 11 is 0. The summed E-state index contributed by atoms with van der Waals surface area (Å²) in [5.74, 6) is -1.04. The molecule has 106 valence electrons. The zero-order valence-electron chi connectivity index (χ0n) is 11.9. The molecule has 18 heavy (non-hydrogen) atoms. The number of rotatable bonds is 10. The molecule has 0 saturated heterocycles. The van der Waals surface area contributed by atoms with Crippen molar-refractivity contribution >= 4 is 11.8 Å². The summed E-state index contributed by atoms with van der Waals surface area (Å²) in [6.07, 6.45) is 9.86. The molecule has 0 heterocycles. The van der Waals surface area contributed by atoms with Gasteiger partial charge in [0.15, 0.2) is 0 Å². The smallest absolute Gasteiger partial charge is 0.309 e. The largest absolute Gasteiger partial charge is 0.348 e. The Hall–Kier alpha value is -1.06. The van der Waals surface area contributed by atoms with Gasteiger partial charge in [-0.15, -0.1) is 0 Å². The molecule has 0 saturated carbocycles. The molecule has 2 amide bonds. The maximum atomic E-state index is 11.2. The van der Waals surface area contributed by atoms with E-state index in [-0.39, 0.29) is 0 Å². The molecular formula is C14H28N2O2. The van der Waals surface area contributed by atoms with E-state index in [1.165, 1.54) is 38.5 Å². The molecule has 0 unspecified atom stereocenters. The van der Waals surface area contributed by atoms with Crippen LogP contribution in [0.3, 0.4) is 0 Å². The zero-order valence-corrected chi connectivity index (χ0v) is 11.9. The SMILES string of the molecule is CCCCCCCCCCNC(=O)C(=O)NCC. The third kappa shape index (κ3) is 10.1. The van der Waals surface area contributed by atoms with E-state index in [0.29, 0.717) is 13.1 Å². The lowest BCUT2D eigenvalue weighted by Gasteiger charge is -2.05. The van der Waals surface area contributed by atoms with E-state index >= 15 is 0 Å². The second kappa shape index (κ2) is 12.4. The molecule has 0 bridgehead atoms. The van der Waals surface area contributed by atoms with Crippen LogP contribution in [0.5, 0.6) is 0 Å². The van der Waals surface area contributed by atoms with Crippen molar-refractivity contribution in [2.24, 2.45) is 0 Å². The molecule has 4 heteroatoms. The highest BCUT2D eigenvalue weighted by Gasteiger charge is 2.10. The molecule has 0 fully saturated rings. The monoisotopic (exact) mass is 256 g/mol. The number of carbonyl (C=O) groups excluding carboxylic acids is 2. The van der Waals surface area contributed by atoms with Crippen LogP contribution in [-0.2, 0) is 9.59 Å². The third-order valence-electron chi connectivity index (χ3n) is 2.86. The van der Waals surface area contributed by atoms with Crippen LogP contribution in [0.25, 0.3) is 0 Å². The molecule has 0 aromatic heterocycles. The van der Waals surface area contributed by atoms with Crippen molar-refractivity contribution in [2.45, 2.75) is 65.2 Å². The van der Waals surface area contributed by atoms with E-state index in [2.05, 4.69) is 17.6 Å². The standard InChI is InChI=1S/C14H28N2O2/c1-3-5-6-7-8-9-10-11-12-16-14(18)13(17)15-4-2/h3-12H2,1-2H3,(H,15,17)(H,16,18). The highest BCUT2D eigenvalue weighted by molar-refractivity contribution is 6.35. The summed E-state index contributed by atoms with van der Waals surface area (Å²) in [6, 6.07) is 0. The molecule has 2 N–H and O–H groups in total. The maximum Gasteiger partial charge on any atom is 0.309 e. The Bertz CT molecular complexity index is 230. The van der Waals surface area contributed by atoms with Crippen LogP contribution in [0, 0.1) is 0 Å². The Morgan fingerprint density at radius 1 is 0.722 bits per heavy atom. The van der Waals surface area contributed by atoms with Gasteiger partial charge in [-0.1, -0.05) is 51.9 Å². The van der Waals surface area contributed by atoms with Crippen LogP contribution in [-0.4, -0.2) is 24.9 Å². The second-order valence-corrected chi connectivity index (χ2v) is 4.59. The highest BCUT2D eigenvalue weighted by atomic mass is 16.2. The topological polar surface area (TPSA) is 58.2 Å². The van der Waals surface area contributed by atoms with Crippen molar-refractivity contribution in [3.8, 4) is 0 Å². The Kier molecular flexibility index (Phi) is 11.7. The molecule has 0 radical (unpaired) electrons. The average Bonchev–Trinajstić information content (AvgIpc) is 2.36. The van der Waals surface area contributed by atoms with Gasteiger partial charge in [0, 0.05) is 13.1 Å². The molecule has 0 rings (SSSR count). The Labute approximate surface area is 111 Å². The van der Waals surface area contributed by atoms with Gasteiger partial charge in [0.05, 0.1) is 0 Å². The van der Waals surface area contributed by atoms with E-state index in [9.17, 15) is 9.59 Å². The summed E-state index contributed by atoms with van der Waals surface area (Å²) in [4.78, 5) is 22.3. The van der Waals surface area contributed by atoms with Crippen molar-refractivity contribution in [3.05, 3.63) is 0 Å². The molecular weight excluding hydrogens is 228 g/mol. The van der Waals surface area contributed by atoms with E-state index in [1.54, 1.807) is 6.92 Å². The van der Waals surface area contributed by atoms with Crippen LogP contribution in [0.15, 0.2) is 0 Å². The van der Waals surface area contributed by atoms with Crippen LogP contribution in [0.2, 0.25) is 0 Å². The fraction of sp³-hybridized carbons (Fsp3) is 0.857. The van der Waals surface area contributed by atoms with Crippen LogP contribution in [0.4, 0.5) is 0 Å². The summed E-state index contributed by atoms with van der Waals surface area (Å²) < 4.78 is 0. The fourth-order valence-electron chi connectivity index (χ4n) is 1.78. The highest BCUT2D eigenvalue weighted by Crippen LogP contribution is 2.07. The lowest BCUT2D eigenvalue weighted by atomic mass is 10.1. The van der Waals surface area contributed by atoms with Crippen LogP contribution >= 0.6 is 0 Å². The summed E-state index contributed by atoms with van der Waals surface area (Å²) in [5.41, 5.74) is 0. The van der Waals surface area contributed by atoms with Gasteiger partial charge >= 0.3 is 11.8 Å². The molecule has 0 aliphatic carbocycles. The Morgan fingerprint density at radius 3 is 1.78 bits per heavy atom. The van der Waals surface area contributed by atoms with Crippen molar-refractivity contribution in [2.75, 3.05) is 13.1 Å². The van der Waals surface area contributed by atoms with Gasteiger partial charge in [0.25, 0.3) is 0 Å². The minimum atomic E-state index is -0.530. The third-order valence-corrected chi connectivity index (χ3v) is 2.86. The molecule has 0 aromatic rings. The maximum absolute atomic E-state index is 11.2. The predicted octanol–water partition coefficient (Wildman–Crippen LogP) is 2.38. The van der Waals surface area contributed by atoms with Gasteiger partial charge in [-0.05, 0) is 13.3 Å². The molecule has 0 spiro atoms. The van der Waals surface area contributed by atoms with Crippen molar-refractivity contribution in [1.82, 2.24) is 10.6 Å². The predicted molar refractivity (Wildman–Crippen MR) is 74.3 cm³/mol. The van der Waals surface area contributed by atoms with Gasteiger partial charge in [0.2, 0.25) is 0 Å². The van der Waals surface area contributed by atoms with E-state index in [0.717, 1.165) is 12.8 Å².